The first-order valence-corrected chi connectivity index (χ1v) is 9.33. The van der Waals surface area contributed by atoms with Crippen molar-refractivity contribution >= 4 is 44.6 Å². The minimum atomic E-state index is -3.38. The predicted molar refractivity (Wildman–Crippen MR) is 96.7 cm³/mol. The highest BCUT2D eigenvalue weighted by Gasteiger charge is 2.11. The van der Waals surface area contributed by atoms with Crippen LogP contribution in [0.3, 0.4) is 0 Å². The molecule has 1 aliphatic rings. The lowest BCUT2D eigenvalue weighted by molar-refractivity contribution is 0.457. The molecule has 0 atom stereocenters. The van der Waals surface area contributed by atoms with Crippen molar-refractivity contribution in [1.29, 1.82) is 0 Å². The number of nitrogens with zero attached hydrogens (tertiary/aromatic N) is 2. The van der Waals surface area contributed by atoms with E-state index in [1.807, 2.05) is 24.3 Å². The van der Waals surface area contributed by atoms with Gasteiger partial charge in [0.2, 0.25) is 10.0 Å². The van der Waals surface area contributed by atoms with E-state index in [9.17, 15) is 13.5 Å². The van der Waals surface area contributed by atoms with Crippen LogP contribution in [0.25, 0.3) is 23.2 Å². The molecule has 2 aromatic carbocycles. The third-order valence-electron chi connectivity index (χ3n) is 3.85. The first kappa shape index (κ1) is 15.4. The van der Waals surface area contributed by atoms with E-state index in [1.54, 1.807) is 24.4 Å². The minimum absolute atomic E-state index is 0.0141. The minimum Gasteiger partial charge on any atom is -0.494 e. The van der Waals surface area contributed by atoms with Crippen molar-refractivity contribution in [3.63, 3.8) is 0 Å². The highest BCUT2D eigenvalue weighted by molar-refractivity contribution is 7.92. The number of aromatic amines is 1. The molecule has 4 rings (SSSR count). The Morgan fingerprint density at radius 2 is 2.04 bits per heavy atom. The van der Waals surface area contributed by atoms with Crippen LogP contribution in [0.1, 0.15) is 5.56 Å². The van der Waals surface area contributed by atoms with Crippen LogP contribution in [0.4, 0.5) is 11.4 Å². The number of anilines is 1. The van der Waals surface area contributed by atoms with Crippen molar-refractivity contribution in [3.8, 4) is 5.88 Å². The van der Waals surface area contributed by atoms with Crippen LogP contribution >= 0.6 is 0 Å². The monoisotopic (exact) mass is 354 g/mol. The van der Waals surface area contributed by atoms with Crippen LogP contribution in [0.5, 0.6) is 5.88 Å². The average Bonchev–Trinajstić information content (AvgIpc) is 3.11. The normalized spacial score (nSPS) is 13.9. The molecule has 2 heterocycles. The van der Waals surface area contributed by atoms with Crippen LogP contribution in [0, 0.1) is 0 Å². The van der Waals surface area contributed by atoms with Crippen molar-refractivity contribution in [1.82, 2.24) is 4.98 Å². The molecule has 3 aromatic rings. The Morgan fingerprint density at radius 1 is 1.20 bits per heavy atom. The summed E-state index contributed by atoms with van der Waals surface area (Å²) in [7, 11) is -3.38. The molecular formula is C17H14N4O3S. The van der Waals surface area contributed by atoms with Crippen molar-refractivity contribution in [2.24, 2.45) is 10.2 Å². The number of aromatic nitrogens is 1. The van der Waals surface area contributed by atoms with E-state index < -0.39 is 10.0 Å². The molecule has 0 spiro atoms. The maximum atomic E-state index is 11.4. The topological polar surface area (TPSA) is 107 Å². The summed E-state index contributed by atoms with van der Waals surface area (Å²) < 4.78 is 25.3. The van der Waals surface area contributed by atoms with Gasteiger partial charge in [0.15, 0.2) is 5.88 Å². The number of rotatable bonds is 3. The Balaban J connectivity index is 1.88. The van der Waals surface area contributed by atoms with Gasteiger partial charge >= 0.3 is 0 Å². The molecule has 7 nitrogen and oxygen atoms in total. The summed E-state index contributed by atoms with van der Waals surface area (Å²) in [6.45, 7) is 0. The second-order valence-electron chi connectivity index (χ2n) is 5.83. The van der Waals surface area contributed by atoms with E-state index >= 15 is 0 Å². The quantitative estimate of drug-likeness (QED) is 0.669. The molecule has 0 fully saturated rings. The van der Waals surface area contributed by atoms with Gasteiger partial charge in [-0.1, -0.05) is 12.1 Å². The second-order valence-corrected chi connectivity index (χ2v) is 7.58. The predicted octanol–water partition coefficient (Wildman–Crippen LogP) is 1.91. The lowest BCUT2D eigenvalue weighted by Gasteiger charge is -2.03. The van der Waals surface area contributed by atoms with Crippen LogP contribution in [0.15, 0.2) is 46.6 Å². The van der Waals surface area contributed by atoms with Gasteiger partial charge in [0.1, 0.15) is 0 Å². The van der Waals surface area contributed by atoms with Gasteiger partial charge in [0.25, 0.3) is 0 Å². The average molecular weight is 354 g/mol. The molecule has 0 amide bonds. The van der Waals surface area contributed by atoms with Crippen molar-refractivity contribution in [2.75, 3.05) is 11.0 Å². The third-order valence-corrected chi connectivity index (χ3v) is 4.46. The zero-order chi connectivity index (χ0) is 17.6. The standard InChI is InChI=1S/C17H14N4O3S/c1-25(23,24)21-12-4-5-15-13(8-12)14(17(22)19-15)6-10-2-3-11-9-18-20-16(11)7-10/h2-9,19,21-22H,1H3. The van der Waals surface area contributed by atoms with Gasteiger partial charge in [0.05, 0.1) is 18.1 Å². The van der Waals surface area contributed by atoms with Gasteiger partial charge in [-0.05, 0) is 35.6 Å². The summed E-state index contributed by atoms with van der Waals surface area (Å²) in [6, 6.07) is 10.7. The zero-order valence-corrected chi connectivity index (χ0v) is 14.0. The molecule has 0 saturated heterocycles. The van der Waals surface area contributed by atoms with Crippen molar-refractivity contribution < 1.29 is 13.5 Å². The SMILES string of the molecule is CS(=O)(=O)Nc1ccc2[nH]c(O)c(C=c3ccc4c(c3)N=NC=4)c2c1. The van der Waals surface area contributed by atoms with Gasteiger partial charge in [-0.3, -0.25) is 4.72 Å². The van der Waals surface area contributed by atoms with Gasteiger partial charge in [-0.2, -0.15) is 10.2 Å². The molecule has 8 heteroatoms. The maximum absolute atomic E-state index is 11.4. The number of azo groups is 1. The number of nitrogens with one attached hydrogen (secondary N) is 2. The second kappa shape index (κ2) is 5.45. The summed E-state index contributed by atoms with van der Waals surface area (Å²) in [5.74, 6) is 0.0141. The fourth-order valence-electron chi connectivity index (χ4n) is 2.79. The number of sulfonamides is 1. The highest BCUT2D eigenvalue weighted by atomic mass is 32.2. The molecular weight excluding hydrogens is 340 g/mol. The summed E-state index contributed by atoms with van der Waals surface area (Å²) >= 11 is 0. The number of hydrogen-bond acceptors (Lipinski definition) is 5. The zero-order valence-electron chi connectivity index (χ0n) is 13.2. The van der Waals surface area contributed by atoms with Crippen LogP contribution in [0.2, 0.25) is 0 Å². The fraction of sp³-hybridized carbons (Fsp3) is 0.0588. The van der Waals surface area contributed by atoms with Gasteiger partial charge in [-0.25, -0.2) is 8.42 Å². The molecule has 0 aliphatic carbocycles. The lowest BCUT2D eigenvalue weighted by atomic mass is 10.1. The number of fused-ring (bicyclic) bond motifs is 2. The van der Waals surface area contributed by atoms with Crippen LogP contribution in [-0.2, 0) is 10.0 Å². The smallest absolute Gasteiger partial charge is 0.229 e. The highest BCUT2D eigenvalue weighted by Crippen LogP contribution is 2.30. The largest absolute Gasteiger partial charge is 0.494 e. The molecule has 0 saturated carbocycles. The number of H-pyrrole nitrogens is 1. The van der Waals surface area contributed by atoms with E-state index in [0.29, 0.717) is 22.2 Å². The van der Waals surface area contributed by atoms with Gasteiger partial charge in [-0.15, -0.1) is 0 Å². The van der Waals surface area contributed by atoms with Gasteiger partial charge in [0, 0.05) is 27.4 Å². The Morgan fingerprint density at radius 3 is 2.84 bits per heavy atom. The molecule has 0 bridgehead atoms. The van der Waals surface area contributed by atoms with E-state index in [4.69, 9.17) is 0 Å². The Bertz CT molecular complexity index is 1260. The Kier molecular flexibility index (Phi) is 3.36. The molecule has 3 N–H and O–H groups in total. The van der Waals surface area contributed by atoms with E-state index in [0.717, 1.165) is 22.4 Å². The number of aromatic hydroxyl groups is 1. The molecule has 1 aliphatic heterocycles. The summed E-state index contributed by atoms with van der Waals surface area (Å²) in [4.78, 5) is 2.89. The van der Waals surface area contributed by atoms with E-state index in [-0.39, 0.29) is 5.88 Å². The number of hydrogen-bond donors (Lipinski definition) is 3. The van der Waals surface area contributed by atoms with Gasteiger partial charge < -0.3 is 10.1 Å². The molecule has 25 heavy (non-hydrogen) atoms. The fourth-order valence-corrected chi connectivity index (χ4v) is 3.34. The molecule has 1 aromatic heterocycles. The molecule has 0 radical (unpaired) electrons. The Hall–Kier alpha value is -3.13. The van der Waals surface area contributed by atoms with Crippen molar-refractivity contribution in [3.05, 3.63) is 52.4 Å². The maximum Gasteiger partial charge on any atom is 0.229 e. The van der Waals surface area contributed by atoms with Crippen LogP contribution < -0.4 is 15.2 Å². The third kappa shape index (κ3) is 2.99. The van der Waals surface area contributed by atoms with Crippen molar-refractivity contribution in [2.45, 2.75) is 0 Å². The summed E-state index contributed by atoms with van der Waals surface area (Å²) in [5.41, 5.74) is 2.48. The van der Waals surface area contributed by atoms with E-state index in [1.165, 1.54) is 0 Å². The number of benzene rings is 2. The van der Waals surface area contributed by atoms with E-state index in [2.05, 4.69) is 19.9 Å². The first-order valence-electron chi connectivity index (χ1n) is 7.44. The first-order chi connectivity index (χ1) is 11.9. The molecule has 0 unspecified atom stereocenters. The lowest BCUT2D eigenvalue weighted by Crippen LogP contribution is -2.09. The van der Waals surface area contributed by atoms with Crippen LogP contribution in [-0.4, -0.2) is 24.8 Å². The molecule has 126 valence electrons. The summed E-state index contributed by atoms with van der Waals surface area (Å²) in [6.07, 6.45) is 4.59. The Labute approximate surface area is 143 Å². The summed E-state index contributed by atoms with van der Waals surface area (Å²) in [5, 5.41) is 20.6.